The standard InChI is InChI=1S/C15H24N4S/c1-10-7-12(19(6)18-10)11(16-5)8-14-17-13(9-20-14)15(2,3)4/h7,9,11,16H,8H2,1-6H3. The van der Waals surface area contributed by atoms with Gasteiger partial charge in [-0.25, -0.2) is 4.98 Å². The summed E-state index contributed by atoms with van der Waals surface area (Å²) < 4.78 is 1.95. The van der Waals surface area contributed by atoms with E-state index in [2.05, 4.69) is 42.6 Å². The van der Waals surface area contributed by atoms with Crippen LogP contribution in [0.5, 0.6) is 0 Å². The van der Waals surface area contributed by atoms with E-state index in [1.165, 1.54) is 16.4 Å². The Morgan fingerprint density at radius 3 is 2.55 bits per heavy atom. The van der Waals surface area contributed by atoms with Gasteiger partial charge in [-0.1, -0.05) is 20.8 Å². The molecule has 0 saturated heterocycles. The van der Waals surface area contributed by atoms with E-state index in [-0.39, 0.29) is 11.5 Å². The molecule has 0 aliphatic heterocycles. The molecule has 1 atom stereocenters. The molecule has 2 aromatic rings. The lowest BCUT2D eigenvalue weighted by atomic mass is 9.93. The van der Waals surface area contributed by atoms with Crippen molar-refractivity contribution in [2.24, 2.45) is 7.05 Å². The molecule has 0 spiro atoms. The van der Waals surface area contributed by atoms with Gasteiger partial charge < -0.3 is 5.32 Å². The molecule has 0 aliphatic carbocycles. The van der Waals surface area contributed by atoms with Gasteiger partial charge in [0, 0.05) is 24.3 Å². The summed E-state index contributed by atoms with van der Waals surface area (Å²) in [5, 5.41) is 11.2. The maximum atomic E-state index is 4.78. The van der Waals surface area contributed by atoms with Gasteiger partial charge in [-0.15, -0.1) is 11.3 Å². The van der Waals surface area contributed by atoms with Gasteiger partial charge >= 0.3 is 0 Å². The number of aromatic nitrogens is 3. The van der Waals surface area contributed by atoms with Gasteiger partial charge in [0.15, 0.2) is 0 Å². The van der Waals surface area contributed by atoms with Crippen molar-refractivity contribution in [3.8, 4) is 0 Å². The SMILES string of the molecule is CNC(Cc1nc(C(C)(C)C)cs1)c1cc(C)nn1C. The van der Waals surface area contributed by atoms with E-state index < -0.39 is 0 Å². The fourth-order valence-corrected chi connectivity index (χ4v) is 3.30. The third-order valence-corrected chi connectivity index (χ3v) is 4.31. The van der Waals surface area contributed by atoms with Gasteiger partial charge in [0.25, 0.3) is 0 Å². The van der Waals surface area contributed by atoms with Crippen LogP contribution < -0.4 is 5.32 Å². The zero-order chi connectivity index (χ0) is 14.9. The highest BCUT2D eigenvalue weighted by Crippen LogP contribution is 2.26. The van der Waals surface area contributed by atoms with E-state index in [0.717, 1.165) is 12.1 Å². The lowest BCUT2D eigenvalue weighted by Crippen LogP contribution is -2.21. The second kappa shape index (κ2) is 5.66. The first-order valence-electron chi connectivity index (χ1n) is 6.94. The Morgan fingerprint density at radius 2 is 2.10 bits per heavy atom. The quantitative estimate of drug-likeness (QED) is 0.942. The monoisotopic (exact) mass is 292 g/mol. The van der Waals surface area contributed by atoms with Crippen molar-refractivity contribution in [1.29, 1.82) is 0 Å². The Morgan fingerprint density at radius 1 is 1.40 bits per heavy atom. The summed E-state index contributed by atoms with van der Waals surface area (Å²) >= 11 is 1.75. The Balaban J connectivity index is 2.19. The highest BCUT2D eigenvalue weighted by molar-refractivity contribution is 7.09. The predicted octanol–water partition coefficient (Wildman–Crippen LogP) is 2.99. The third kappa shape index (κ3) is 3.27. The van der Waals surface area contributed by atoms with Crippen LogP contribution in [0, 0.1) is 6.92 Å². The van der Waals surface area contributed by atoms with Gasteiger partial charge in [0.2, 0.25) is 0 Å². The van der Waals surface area contributed by atoms with Crippen molar-refractivity contribution >= 4 is 11.3 Å². The Hall–Kier alpha value is -1.20. The van der Waals surface area contributed by atoms with Gasteiger partial charge in [0.05, 0.1) is 28.1 Å². The van der Waals surface area contributed by atoms with Crippen molar-refractivity contribution in [2.75, 3.05) is 7.05 Å². The molecule has 0 radical (unpaired) electrons. The minimum atomic E-state index is 0.118. The molecule has 0 aromatic carbocycles. The summed E-state index contributed by atoms with van der Waals surface area (Å²) in [5.74, 6) is 0. The van der Waals surface area contributed by atoms with Gasteiger partial charge in [0.1, 0.15) is 0 Å². The van der Waals surface area contributed by atoms with Crippen LogP contribution in [0.15, 0.2) is 11.4 Å². The molecule has 4 nitrogen and oxygen atoms in total. The lowest BCUT2D eigenvalue weighted by Gasteiger charge is -2.16. The molecular weight excluding hydrogens is 268 g/mol. The van der Waals surface area contributed by atoms with Crippen molar-refractivity contribution in [2.45, 2.75) is 45.6 Å². The van der Waals surface area contributed by atoms with Crippen molar-refractivity contribution in [3.05, 3.63) is 33.5 Å². The number of nitrogens with zero attached hydrogens (tertiary/aromatic N) is 3. The summed E-state index contributed by atoms with van der Waals surface area (Å²) in [4.78, 5) is 4.78. The van der Waals surface area contributed by atoms with Gasteiger partial charge in [-0.3, -0.25) is 4.68 Å². The number of aryl methyl sites for hydroxylation is 2. The molecule has 0 fully saturated rings. The molecule has 2 heterocycles. The minimum Gasteiger partial charge on any atom is -0.311 e. The van der Waals surface area contributed by atoms with E-state index in [4.69, 9.17) is 4.98 Å². The van der Waals surface area contributed by atoms with Crippen molar-refractivity contribution < 1.29 is 0 Å². The fourth-order valence-electron chi connectivity index (χ4n) is 2.24. The predicted molar refractivity (Wildman–Crippen MR) is 84.3 cm³/mol. The summed E-state index contributed by atoms with van der Waals surface area (Å²) in [6, 6.07) is 2.39. The second-order valence-electron chi connectivity index (χ2n) is 6.26. The van der Waals surface area contributed by atoms with Crippen LogP contribution in [-0.4, -0.2) is 21.8 Å². The first-order chi connectivity index (χ1) is 9.31. The van der Waals surface area contributed by atoms with Crippen LogP contribution in [0.25, 0.3) is 0 Å². The number of hydrogen-bond acceptors (Lipinski definition) is 4. The van der Waals surface area contributed by atoms with E-state index in [0.29, 0.717) is 0 Å². The molecule has 110 valence electrons. The molecule has 1 N–H and O–H groups in total. The minimum absolute atomic E-state index is 0.118. The molecule has 0 bridgehead atoms. The molecule has 0 amide bonds. The number of hydrogen-bond donors (Lipinski definition) is 1. The topological polar surface area (TPSA) is 42.7 Å². The van der Waals surface area contributed by atoms with Crippen molar-refractivity contribution in [3.63, 3.8) is 0 Å². The van der Waals surface area contributed by atoms with Crippen LogP contribution in [0.2, 0.25) is 0 Å². The molecule has 2 rings (SSSR count). The van der Waals surface area contributed by atoms with Crippen LogP contribution in [0.1, 0.15) is 48.9 Å². The number of rotatable bonds is 4. The first kappa shape index (κ1) is 15.2. The lowest BCUT2D eigenvalue weighted by molar-refractivity contribution is 0.530. The molecule has 20 heavy (non-hydrogen) atoms. The Labute approximate surface area is 125 Å². The second-order valence-corrected chi connectivity index (χ2v) is 7.20. The van der Waals surface area contributed by atoms with Crippen LogP contribution in [-0.2, 0) is 18.9 Å². The molecular formula is C15H24N4S. The zero-order valence-corrected chi connectivity index (χ0v) is 14.0. The highest BCUT2D eigenvalue weighted by Gasteiger charge is 2.20. The maximum absolute atomic E-state index is 4.78. The summed E-state index contributed by atoms with van der Waals surface area (Å²) in [6.07, 6.45) is 0.899. The van der Waals surface area contributed by atoms with E-state index >= 15 is 0 Å². The normalized spacial score (nSPS) is 13.7. The summed E-state index contributed by atoms with van der Waals surface area (Å²) in [7, 11) is 3.99. The Kier molecular flexibility index (Phi) is 4.30. The summed E-state index contributed by atoms with van der Waals surface area (Å²) in [6.45, 7) is 8.63. The Bertz CT molecular complexity index is 577. The first-order valence-corrected chi connectivity index (χ1v) is 7.82. The average molecular weight is 292 g/mol. The number of nitrogens with one attached hydrogen (secondary N) is 1. The largest absolute Gasteiger partial charge is 0.311 e. The van der Waals surface area contributed by atoms with Gasteiger partial charge in [-0.2, -0.15) is 5.10 Å². The average Bonchev–Trinajstić information content (AvgIpc) is 2.92. The molecule has 2 aromatic heterocycles. The third-order valence-electron chi connectivity index (χ3n) is 3.44. The highest BCUT2D eigenvalue weighted by atomic mass is 32.1. The maximum Gasteiger partial charge on any atom is 0.0948 e. The molecule has 0 saturated carbocycles. The van der Waals surface area contributed by atoms with Gasteiger partial charge in [-0.05, 0) is 20.0 Å². The molecule has 1 unspecified atom stereocenters. The van der Waals surface area contributed by atoms with Crippen LogP contribution >= 0.6 is 11.3 Å². The number of thiazole rings is 1. The van der Waals surface area contributed by atoms with E-state index in [9.17, 15) is 0 Å². The van der Waals surface area contributed by atoms with Crippen LogP contribution in [0.4, 0.5) is 0 Å². The van der Waals surface area contributed by atoms with E-state index in [1.807, 2.05) is 25.7 Å². The number of likely N-dealkylation sites (N-methyl/N-ethyl adjacent to an activating group) is 1. The fraction of sp³-hybridized carbons (Fsp3) is 0.600. The molecule has 0 aliphatic rings. The van der Waals surface area contributed by atoms with Crippen molar-refractivity contribution in [1.82, 2.24) is 20.1 Å². The summed E-state index contributed by atoms with van der Waals surface area (Å²) in [5.41, 5.74) is 3.55. The smallest absolute Gasteiger partial charge is 0.0948 e. The molecule has 5 heteroatoms. The van der Waals surface area contributed by atoms with E-state index in [1.54, 1.807) is 11.3 Å². The van der Waals surface area contributed by atoms with Crippen LogP contribution in [0.3, 0.4) is 0 Å². The zero-order valence-electron chi connectivity index (χ0n) is 13.2.